The Morgan fingerprint density at radius 3 is 2.86 bits per heavy atom. The third kappa shape index (κ3) is 3.33. The van der Waals surface area contributed by atoms with Crippen LogP contribution in [0.4, 0.5) is 0 Å². The summed E-state index contributed by atoms with van der Waals surface area (Å²) in [6.45, 7) is 1.86. The van der Waals surface area contributed by atoms with E-state index in [0.29, 0.717) is 25.0 Å². The van der Waals surface area contributed by atoms with Crippen LogP contribution in [0, 0.1) is 6.92 Å². The molecule has 2 rings (SSSR count). The number of nitrogens with zero attached hydrogens (tertiary/aromatic N) is 1. The second-order valence-corrected chi connectivity index (χ2v) is 6.60. The third-order valence-corrected chi connectivity index (χ3v) is 4.22. The standard InChI is InChI=1S/C11H17N2O7P/c1-8-6-13(10(15)12-9(8)14)11(4-3-5-19-11)20-7-21(16,17)18-2/h6H,3-5,7H2,1-2H3,(H,16,17)(H,12,14,15)/t11-/m0/s1. The van der Waals surface area contributed by atoms with Crippen LogP contribution in [0.25, 0.3) is 0 Å². The molecule has 118 valence electrons. The maximum Gasteiger partial charge on any atom is 0.353 e. The van der Waals surface area contributed by atoms with Crippen molar-refractivity contribution in [2.45, 2.75) is 25.7 Å². The van der Waals surface area contributed by atoms with Gasteiger partial charge in [0.15, 0.2) is 6.35 Å². The Balaban J connectivity index is 2.39. The molecule has 1 fully saturated rings. The van der Waals surface area contributed by atoms with Gasteiger partial charge < -0.3 is 18.9 Å². The monoisotopic (exact) mass is 320 g/mol. The Hall–Kier alpha value is -1.25. The van der Waals surface area contributed by atoms with E-state index in [1.165, 1.54) is 13.1 Å². The summed E-state index contributed by atoms with van der Waals surface area (Å²) in [6, 6.07) is 0. The van der Waals surface area contributed by atoms with E-state index in [0.717, 1.165) is 11.7 Å². The highest BCUT2D eigenvalue weighted by molar-refractivity contribution is 7.52. The number of nitrogens with one attached hydrogen (secondary N) is 1. The van der Waals surface area contributed by atoms with Crippen LogP contribution < -0.4 is 11.2 Å². The predicted octanol–water partition coefficient (Wildman–Crippen LogP) is 0.0716. The van der Waals surface area contributed by atoms with Gasteiger partial charge in [-0.15, -0.1) is 0 Å². The first-order chi connectivity index (χ1) is 9.80. The minimum atomic E-state index is -3.91. The molecule has 9 nitrogen and oxygen atoms in total. The van der Waals surface area contributed by atoms with Gasteiger partial charge in [0.25, 0.3) is 11.5 Å². The normalized spacial score (nSPS) is 24.9. The summed E-state index contributed by atoms with van der Waals surface area (Å²) in [7, 11) is -2.83. The summed E-state index contributed by atoms with van der Waals surface area (Å²) in [5, 5.41) is 0. The summed E-state index contributed by atoms with van der Waals surface area (Å²) in [6.07, 6.45) is 1.59. The first kappa shape index (κ1) is 16.1. The SMILES string of the molecule is COP(=O)(O)CO[C@]1(n2cc(C)c(=O)[nH]c2=O)CCCO1. The molecular formula is C11H17N2O7P. The van der Waals surface area contributed by atoms with E-state index in [1.807, 2.05) is 0 Å². The van der Waals surface area contributed by atoms with Crippen molar-refractivity contribution in [2.75, 3.05) is 20.1 Å². The van der Waals surface area contributed by atoms with Crippen LogP contribution in [0.15, 0.2) is 15.8 Å². The van der Waals surface area contributed by atoms with Crippen LogP contribution in [-0.2, 0) is 24.5 Å². The van der Waals surface area contributed by atoms with Crippen LogP contribution in [-0.4, -0.2) is 34.5 Å². The number of aromatic nitrogens is 2. The quantitative estimate of drug-likeness (QED) is 0.737. The largest absolute Gasteiger partial charge is 0.353 e. The van der Waals surface area contributed by atoms with Crippen molar-refractivity contribution in [1.29, 1.82) is 0 Å². The van der Waals surface area contributed by atoms with Crippen molar-refractivity contribution < 1.29 is 23.5 Å². The Kier molecular flexibility index (Phi) is 4.50. The fourth-order valence-corrected chi connectivity index (χ4v) is 2.50. The molecule has 1 aromatic heterocycles. The van der Waals surface area contributed by atoms with Gasteiger partial charge in [-0.25, -0.2) is 9.36 Å². The molecule has 1 aliphatic rings. The number of aromatic amines is 1. The number of H-pyrrole nitrogens is 1. The number of hydrogen-bond acceptors (Lipinski definition) is 6. The zero-order valence-electron chi connectivity index (χ0n) is 11.7. The van der Waals surface area contributed by atoms with E-state index in [-0.39, 0.29) is 0 Å². The van der Waals surface area contributed by atoms with Crippen LogP contribution >= 0.6 is 7.60 Å². The second kappa shape index (κ2) is 5.86. The minimum Gasteiger partial charge on any atom is -0.332 e. The van der Waals surface area contributed by atoms with Crippen molar-refractivity contribution in [1.82, 2.24) is 9.55 Å². The van der Waals surface area contributed by atoms with Gasteiger partial charge in [-0.1, -0.05) is 0 Å². The van der Waals surface area contributed by atoms with Crippen LogP contribution in [0.5, 0.6) is 0 Å². The molecule has 0 saturated carbocycles. The average molecular weight is 320 g/mol. The molecule has 2 heterocycles. The van der Waals surface area contributed by atoms with Crippen molar-refractivity contribution in [2.24, 2.45) is 0 Å². The molecule has 1 aromatic rings. The Morgan fingerprint density at radius 1 is 1.57 bits per heavy atom. The average Bonchev–Trinajstić information content (AvgIpc) is 2.91. The van der Waals surface area contributed by atoms with Crippen LogP contribution in [0.3, 0.4) is 0 Å². The third-order valence-electron chi connectivity index (χ3n) is 3.19. The lowest BCUT2D eigenvalue weighted by Gasteiger charge is -2.30. The Labute approximate surface area is 120 Å². The number of aryl methyl sites for hydroxylation is 1. The lowest BCUT2D eigenvalue weighted by Crippen LogP contribution is -2.46. The molecule has 0 radical (unpaired) electrons. The molecule has 10 heteroatoms. The number of hydrogen-bond donors (Lipinski definition) is 2. The molecule has 0 spiro atoms. The molecular weight excluding hydrogens is 303 g/mol. The second-order valence-electron chi connectivity index (χ2n) is 4.70. The molecule has 1 unspecified atom stereocenters. The van der Waals surface area contributed by atoms with E-state index in [4.69, 9.17) is 9.47 Å². The zero-order valence-corrected chi connectivity index (χ0v) is 12.6. The van der Waals surface area contributed by atoms with Crippen molar-refractivity contribution in [3.8, 4) is 0 Å². The molecule has 2 N–H and O–H groups in total. The highest BCUT2D eigenvalue weighted by atomic mass is 31.2. The van der Waals surface area contributed by atoms with Gasteiger partial charge in [0.2, 0.25) is 0 Å². The molecule has 1 saturated heterocycles. The molecule has 0 bridgehead atoms. The summed E-state index contributed by atoms with van der Waals surface area (Å²) in [5.74, 6) is -1.51. The fraction of sp³-hybridized carbons (Fsp3) is 0.636. The molecule has 0 amide bonds. The van der Waals surface area contributed by atoms with E-state index in [1.54, 1.807) is 0 Å². The summed E-state index contributed by atoms with van der Waals surface area (Å²) < 4.78 is 27.9. The minimum absolute atomic E-state index is 0.298. The molecule has 21 heavy (non-hydrogen) atoms. The first-order valence-electron chi connectivity index (χ1n) is 6.28. The fourth-order valence-electron chi connectivity index (χ4n) is 2.03. The number of rotatable bonds is 5. The highest BCUT2D eigenvalue weighted by Gasteiger charge is 2.41. The van der Waals surface area contributed by atoms with Gasteiger partial charge in [-0.05, 0) is 13.3 Å². The van der Waals surface area contributed by atoms with Gasteiger partial charge in [-0.3, -0.25) is 14.3 Å². The summed E-state index contributed by atoms with van der Waals surface area (Å²) >= 11 is 0. The predicted molar refractivity (Wildman–Crippen MR) is 72.0 cm³/mol. The van der Waals surface area contributed by atoms with Gasteiger partial charge >= 0.3 is 13.3 Å². The van der Waals surface area contributed by atoms with E-state index < -0.39 is 31.1 Å². The molecule has 2 atom stereocenters. The van der Waals surface area contributed by atoms with Gasteiger partial charge in [0.05, 0.1) is 6.61 Å². The smallest absolute Gasteiger partial charge is 0.332 e. The Morgan fingerprint density at radius 2 is 2.29 bits per heavy atom. The van der Waals surface area contributed by atoms with Gasteiger partial charge in [-0.2, -0.15) is 0 Å². The topological polar surface area (TPSA) is 120 Å². The van der Waals surface area contributed by atoms with E-state index in [9.17, 15) is 19.0 Å². The van der Waals surface area contributed by atoms with Gasteiger partial charge in [0, 0.05) is 25.3 Å². The van der Waals surface area contributed by atoms with Crippen molar-refractivity contribution in [3.05, 3.63) is 32.6 Å². The Bertz CT molecular complexity index is 674. The molecule has 0 aromatic carbocycles. The first-order valence-corrected chi connectivity index (χ1v) is 8.04. The van der Waals surface area contributed by atoms with Gasteiger partial charge in [0.1, 0.15) is 0 Å². The van der Waals surface area contributed by atoms with E-state index >= 15 is 0 Å². The van der Waals surface area contributed by atoms with E-state index in [2.05, 4.69) is 9.51 Å². The molecule has 1 aliphatic heterocycles. The van der Waals surface area contributed by atoms with Crippen molar-refractivity contribution in [3.63, 3.8) is 0 Å². The maximum atomic E-state index is 12.0. The number of ether oxygens (including phenoxy) is 2. The van der Waals surface area contributed by atoms with Crippen LogP contribution in [0.1, 0.15) is 18.4 Å². The lowest BCUT2D eigenvalue weighted by atomic mass is 10.3. The summed E-state index contributed by atoms with van der Waals surface area (Å²) in [4.78, 5) is 35.0. The van der Waals surface area contributed by atoms with Crippen molar-refractivity contribution >= 4 is 7.60 Å². The summed E-state index contributed by atoms with van der Waals surface area (Å²) in [5.41, 5.74) is -0.918. The maximum absolute atomic E-state index is 12.0. The molecule has 0 aliphatic carbocycles. The zero-order chi connectivity index (χ0) is 15.7. The highest BCUT2D eigenvalue weighted by Crippen LogP contribution is 2.44. The lowest BCUT2D eigenvalue weighted by molar-refractivity contribution is -0.263. The van der Waals surface area contributed by atoms with Crippen LogP contribution in [0.2, 0.25) is 0 Å².